The van der Waals surface area contributed by atoms with Crippen LogP contribution in [0.15, 0.2) is 60.7 Å². The van der Waals surface area contributed by atoms with Crippen molar-refractivity contribution in [1.29, 1.82) is 0 Å². The van der Waals surface area contributed by atoms with Crippen molar-refractivity contribution in [1.82, 2.24) is 0 Å². The first-order valence-electron chi connectivity index (χ1n) is 7.32. The Labute approximate surface area is 147 Å². The molecule has 0 heterocycles. The highest BCUT2D eigenvalue weighted by Gasteiger charge is 2.11. The number of carboxylic acids is 2. The standard InChI is InChI=1S/C18H14N2O6/c21-14(7-9-16(23)24)19-13-6-5-11-3-1-2-4-12(11)18(13)20-15(22)8-10-17(25)26/h1-10H,(H,19,21)(H,20,22)(H,23,24)(H,25,26). The van der Waals surface area contributed by atoms with E-state index in [2.05, 4.69) is 10.6 Å². The van der Waals surface area contributed by atoms with E-state index >= 15 is 0 Å². The average Bonchev–Trinajstić information content (AvgIpc) is 2.60. The van der Waals surface area contributed by atoms with Gasteiger partial charge in [-0.3, -0.25) is 9.59 Å². The number of anilines is 2. The highest BCUT2D eigenvalue weighted by Crippen LogP contribution is 2.31. The van der Waals surface area contributed by atoms with E-state index in [1.165, 1.54) is 0 Å². The van der Waals surface area contributed by atoms with Gasteiger partial charge in [0.05, 0.1) is 11.4 Å². The van der Waals surface area contributed by atoms with E-state index in [9.17, 15) is 19.2 Å². The van der Waals surface area contributed by atoms with Crippen LogP contribution in [0.4, 0.5) is 11.4 Å². The summed E-state index contributed by atoms with van der Waals surface area (Å²) in [4.78, 5) is 44.8. The molecule has 0 saturated heterocycles. The Balaban J connectivity index is 2.39. The molecule has 2 rings (SSSR count). The van der Waals surface area contributed by atoms with Gasteiger partial charge < -0.3 is 20.8 Å². The molecule has 0 spiro atoms. The zero-order valence-corrected chi connectivity index (χ0v) is 13.3. The van der Waals surface area contributed by atoms with Crippen LogP contribution in [0.1, 0.15) is 0 Å². The van der Waals surface area contributed by atoms with Crippen LogP contribution < -0.4 is 10.6 Å². The molecular formula is C18H14N2O6. The van der Waals surface area contributed by atoms with E-state index in [4.69, 9.17) is 10.2 Å². The summed E-state index contributed by atoms with van der Waals surface area (Å²) in [6.07, 6.45) is 3.06. The zero-order valence-electron chi connectivity index (χ0n) is 13.3. The van der Waals surface area contributed by atoms with Crippen LogP contribution in [-0.4, -0.2) is 34.0 Å². The molecule has 0 aliphatic rings. The van der Waals surface area contributed by atoms with Gasteiger partial charge in [-0.1, -0.05) is 30.3 Å². The summed E-state index contributed by atoms with van der Waals surface area (Å²) in [7, 11) is 0. The lowest BCUT2D eigenvalue weighted by atomic mass is 10.1. The molecule has 26 heavy (non-hydrogen) atoms. The normalized spacial score (nSPS) is 10.9. The SMILES string of the molecule is O=C(O)C=CC(=O)Nc1ccc2ccccc2c1NC(=O)C=CC(=O)O. The van der Waals surface area contributed by atoms with Gasteiger partial charge in [0.1, 0.15) is 0 Å². The first-order valence-corrected chi connectivity index (χ1v) is 7.32. The van der Waals surface area contributed by atoms with Crippen LogP contribution >= 0.6 is 0 Å². The van der Waals surface area contributed by atoms with Crippen molar-refractivity contribution >= 4 is 45.9 Å². The van der Waals surface area contributed by atoms with Crippen LogP contribution in [0, 0.1) is 0 Å². The van der Waals surface area contributed by atoms with E-state index in [-0.39, 0.29) is 11.4 Å². The second-order valence-electron chi connectivity index (χ2n) is 5.03. The summed E-state index contributed by atoms with van der Waals surface area (Å²) in [5.41, 5.74) is 0.501. The molecule has 2 amide bonds. The summed E-state index contributed by atoms with van der Waals surface area (Å²) < 4.78 is 0. The molecule has 0 aliphatic carbocycles. The molecular weight excluding hydrogens is 340 g/mol. The molecule has 8 nitrogen and oxygen atoms in total. The first-order chi connectivity index (χ1) is 12.4. The van der Waals surface area contributed by atoms with Gasteiger partial charge in [-0.25, -0.2) is 9.59 Å². The van der Waals surface area contributed by atoms with Gasteiger partial charge in [0.2, 0.25) is 11.8 Å². The van der Waals surface area contributed by atoms with Crippen molar-refractivity contribution in [3.05, 3.63) is 60.7 Å². The van der Waals surface area contributed by atoms with Gasteiger partial charge in [-0.2, -0.15) is 0 Å². The maximum Gasteiger partial charge on any atom is 0.328 e. The number of fused-ring (bicyclic) bond motifs is 1. The van der Waals surface area contributed by atoms with Crippen molar-refractivity contribution in [2.45, 2.75) is 0 Å². The Morgan fingerprint density at radius 2 is 1.31 bits per heavy atom. The van der Waals surface area contributed by atoms with Gasteiger partial charge >= 0.3 is 11.9 Å². The minimum Gasteiger partial charge on any atom is -0.478 e. The van der Waals surface area contributed by atoms with Gasteiger partial charge in [0.25, 0.3) is 0 Å². The van der Waals surface area contributed by atoms with Crippen molar-refractivity contribution in [2.75, 3.05) is 10.6 Å². The highest BCUT2D eigenvalue weighted by molar-refractivity contribution is 6.14. The Kier molecular flexibility index (Phi) is 5.83. The third-order valence-corrected chi connectivity index (χ3v) is 3.19. The molecule has 4 N–H and O–H groups in total. The average molecular weight is 354 g/mol. The van der Waals surface area contributed by atoms with Gasteiger partial charge in [-0.05, 0) is 11.5 Å². The van der Waals surface area contributed by atoms with E-state index < -0.39 is 23.8 Å². The van der Waals surface area contributed by atoms with Gasteiger partial charge in [0, 0.05) is 29.7 Å². The largest absolute Gasteiger partial charge is 0.478 e. The third-order valence-electron chi connectivity index (χ3n) is 3.19. The summed E-state index contributed by atoms with van der Waals surface area (Å²) in [5.74, 6) is -3.93. The summed E-state index contributed by atoms with van der Waals surface area (Å²) >= 11 is 0. The quantitative estimate of drug-likeness (QED) is 0.587. The molecule has 0 atom stereocenters. The molecule has 0 radical (unpaired) electrons. The molecule has 2 aromatic carbocycles. The molecule has 0 unspecified atom stereocenters. The molecule has 0 fully saturated rings. The van der Waals surface area contributed by atoms with E-state index in [0.717, 1.165) is 17.5 Å². The number of hydrogen-bond acceptors (Lipinski definition) is 4. The Hall–Kier alpha value is -3.94. The molecule has 8 heteroatoms. The number of carboxylic acid groups (broad SMARTS) is 2. The van der Waals surface area contributed by atoms with Crippen LogP contribution in [0.25, 0.3) is 10.8 Å². The molecule has 132 valence electrons. The van der Waals surface area contributed by atoms with Gasteiger partial charge in [0.15, 0.2) is 0 Å². The van der Waals surface area contributed by atoms with Crippen LogP contribution in [0.5, 0.6) is 0 Å². The van der Waals surface area contributed by atoms with Crippen molar-refractivity contribution in [3.8, 4) is 0 Å². The number of carbonyl (C=O) groups is 4. The van der Waals surface area contributed by atoms with E-state index in [0.29, 0.717) is 17.5 Å². The molecule has 0 saturated carbocycles. The van der Waals surface area contributed by atoms with Crippen LogP contribution in [-0.2, 0) is 19.2 Å². The number of nitrogens with one attached hydrogen (secondary N) is 2. The van der Waals surface area contributed by atoms with Crippen molar-refractivity contribution in [3.63, 3.8) is 0 Å². The van der Waals surface area contributed by atoms with E-state index in [1.807, 2.05) is 0 Å². The molecule has 0 aliphatic heterocycles. The molecule has 0 aromatic heterocycles. The Morgan fingerprint density at radius 1 is 0.731 bits per heavy atom. The maximum atomic E-state index is 11.9. The van der Waals surface area contributed by atoms with Gasteiger partial charge in [-0.15, -0.1) is 0 Å². The van der Waals surface area contributed by atoms with Crippen molar-refractivity contribution in [2.24, 2.45) is 0 Å². The Bertz CT molecular complexity index is 946. The number of benzene rings is 2. The summed E-state index contributed by atoms with van der Waals surface area (Å²) in [6.45, 7) is 0. The van der Waals surface area contributed by atoms with Crippen LogP contribution in [0.2, 0.25) is 0 Å². The topological polar surface area (TPSA) is 133 Å². The molecule has 0 bridgehead atoms. The summed E-state index contributed by atoms with van der Waals surface area (Å²) in [5, 5.41) is 23.6. The minimum absolute atomic E-state index is 0.237. The lowest BCUT2D eigenvalue weighted by Gasteiger charge is -2.13. The fraction of sp³-hybridized carbons (Fsp3) is 0. The number of hydrogen-bond donors (Lipinski definition) is 4. The lowest BCUT2D eigenvalue weighted by molar-refractivity contribution is -0.132. The highest BCUT2D eigenvalue weighted by atomic mass is 16.4. The molecule has 2 aromatic rings. The van der Waals surface area contributed by atoms with Crippen molar-refractivity contribution < 1.29 is 29.4 Å². The minimum atomic E-state index is -1.27. The van der Waals surface area contributed by atoms with E-state index in [1.54, 1.807) is 36.4 Å². The Morgan fingerprint density at radius 3 is 1.92 bits per heavy atom. The number of amides is 2. The predicted molar refractivity (Wildman–Crippen MR) is 94.8 cm³/mol. The number of rotatable bonds is 6. The maximum absolute atomic E-state index is 11.9. The predicted octanol–water partition coefficient (Wildman–Crippen LogP) is 2.00. The second kappa shape index (κ2) is 8.25. The second-order valence-corrected chi connectivity index (χ2v) is 5.03. The summed E-state index contributed by atoms with van der Waals surface area (Å²) in [6, 6.07) is 10.3. The number of aliphatic carboxylic acids is 2. The third kappa shape index (κ3) is 5.03. The van der Waals surface area contributed by atoms with Crippen LogP contribution in [0.3, 0.4) is 0 Å². The first kappa shape index (κ1) is 18.4. The fourth-order valence-corrected chi connectivity index (χ4v) is 2.14. The number of carbonyl (C=O) groups excluding carboxylic acids is 2. The fourth-order valence-electron chi connectivity index (χ4n) is 2.14. The lowest BCUT2D eigenvalue weighted by Crippen LogP contribution is -2.14. The zero-order chi connectivity index (χ0) is 19.1. The monoisotopic (exact) mass is 354 g/mol. The smallest absolute Gasteiger partial charge is 0.328 e.